The molecule has 1 aliphatic heterocycles. The molecule has 0 radical (unpaired) electrons. The average molecular weight is 288 g/mol. The molecule has 0 spiro atoms. The summed E-state index contributed by atoms with van der Waals surface area (Å²) in [4.78, 5) is 2.72. The molecule has 2 atom stereocenters. The third-order valence-corrected chi connectivity index (χ3v) is 5.00. The third kappa shape index (κ3) is 3.87. The quantitative estimate of drug-likeness (QED) is 0.848. The highest BCUT2D eigenvalue weighted by molar-refractivity contribution is 5.21. The monoisotopic (exact) mass is 288 g/mol. The molecule has 1 heterocycles. The summed E-state index contributed by atoms with van der Waals surface area (Å²) in [7, 11) is 2.09. The lowest BCUT2D eigenvalue weighted by molar-refractivity contribution is 0.111. The van der Waals surface area contributed by atoms with Crippen molar-refractivity contribution >= 4 is 0 Å². The number of likely N-dealkylation sites (tertiary alicyclic amines) is 1. The molecule has 1 aromatic carbocycles. The fourth-order valence-electron chi connectivity index (χ4n) is 4.07. The second kappa shape index (κ2) is 6.93. The van der Waals surface area contributed by atoms with Crippen molar-refractivity contribution in [3.05, 3.63) is 35.9 Å². The lowest BCUT2D eigenvalue weighted by Crippen LogP contribution is -2.45. The Morgan fingerprint density at radius 1 is 1.24 bits per heavy atom. The number of hydrogen-bond acceptors (Lipinski definition) is 2. The average Bonchev–Trinajstić information content (AvgIpc) is 2.88. The van der Waals surface area contributed by atoms with Crippen molar-refractivity contribution in [2.75, 3.05) is 20.1 Å². The standard InChI is InChI=1S/C19H32N2/c1-15(2)17-12-9-13-21(17)14-19(3,4)18(20-5)16-10-7-6-8-11-16/h6-8,10-11,15,17-18,20H,9,12-14H2,1-5H3. The van der Waals surface area contributed by atoms with Crippen LogP contribution in [0, 0.1) is 11.3 Å². The zero-order valence-corrected chi connectivity index (χ0v) is 14.4. The summed E-state index contributed by atoms with van der Waals surface area (Å²) in [5.74, 6) is 0.757. The van der Waals surface area contributed by atoms with Crippen LogP contribution in [-0.2, 0) is 0 Å². The van der Waals surface area contributed by atoms with Gasteiger partial charge in [-0.05, 0) is 43.3 Å². The van der Waals surface area contributed by atoms with Crippen molar-refractivity contribution < 1.29 is 0 Å². The molecule has 2 unspecified atom stereocenters. The number of nitrogens with one attached hydrogen (secondary N) is 1. The van der Waals surface area contributed by atoms with Crippen molar-refractivity contribution in [3.8, 4) is 0 Å². The van der Waals surface area contributed by atoms with Crippen LogP contribution in [0.4, 0.5) is 0 Å². The van der Waals surface area contributed by atoms with Crippen molar-refractivity contribution in [1.82, 2.24) is 10.2 Å². The van der Waals surface area contributed by atoms with E-state index < -0.39 is 0 Å². The third-order valence-electron chi connectivity index (χ3n) is 5.00. The largest absolute Gasteiger partial charge is 0.313 e. The molecular weight excluding hydrogens is 256 g/mol. The van der Waals surface area contributed by atoms with Gasteiger partial charge in [0, 0.05) is 18.6 Å². The molecule has 1 saturated heterocycles. The Morgan fingerprint density at radius 3 is 2.48 bits per heavy atom. The molecule has 0 aromatic heterocycles. The summed E-state index contributed by atoms with van der Waals surface area (Å²) >= 11 is 0. The minimum Gasteiger partial charge on any atom is -0.313 e. The molecule has 0 amide bonds. The van der Waals surface area contributed by atoms with Crippen LogP contribution in [-0.4, -0.2) is 31.1 Å². The summed E-state index contributed by atoms with van der Waals surface area (Å²) < 4.78 is 0. The highest BCUT2D eigenvalue weighted by Gasteiger charge is 2.36. The van der Waals surface area contributed by atoms with Gasteiger partial charge in [0.15, 0.2) is 0 Å². The maximum Gasteiger partial charge on any atom is 0.0381 e. The Kier molecular flexibility index (Phi) is 5.45. The van der Waals surface area contributed by atoms with Gasteiger partial charge in [-0.15, -0.1) is 0 Å². The van der Waals surface area contributed by atoms with Gasteiger partial charge in [-0.1, -0.05) is 58.0 Å². The van der Waals surface area contributed by atoms with E-state index in [1.807, 2.05) is 0 Å². The van der Waals surface area contributed by atoms with Crippen molar-refractivity contribution in [1.29, 1.82) is 0 Å². The minimum atomic E-state index is 0.216. The van der Waals surface area contributed by atoms with E-state index in [1.54, 1.807) is 0 Å². The van der Waals surface area contributed by atoms with Crippen LogP contribution in [0.5, 0.6) is 0 Å². The van der Waals surface area contributed by atoms with Crippen LogP contribution in [0.1, 0.15) is 52.1 Å². The maximum atomic E-state index is 3.55. The number of hydrogen-bond donors (Lipinski definition) is 1. The minimum absolute atomic E-state index is 0.216. The van der Waals surface area contributed by atoms with Gasteiger partial charge in [0.1, 0.15) is 0 Å². The zero-order chi connectivity index (χ0) is 15.5. The highest BCUT2D eigenvalue weighted by Crippen LogP contribution is 2.36. The van der Waals surface area contributed by atoms with E-state index in [4.69, 9.17) is 0 Å². The fraction of sp³-hybridized carbons (Fsp3) is 0.684. The fourth-order valence-corrected chi connectivity index (χ4v) is 4.07. The first-order valence-electron chi connectivity index (χ1n) is 8.42. The predicted molar refractivity (Wildman–Crippen MR) is 91.5 cm³/mol. The van der Waals surface area contributed by atoms with Gasteiger partial charge >= 0.3 is 0 Å². The van der Waals surface area contributed by atoms with Gasteiger partial charge in [0.2, 0.25) is 0 Å². The molecule has 0 saturated carbocycles. The van der Waals surface area contributed by atoms with E-state index in [0.29, 0.717) is 6.04 Å². The molecule has 2 nitrogen and oxygen atoms in total. The van der Waals surface area contributed by atoms with E-state index in [0.717, 1.165) is 18.5 Å². The van der Waals surface area contributed by atoms with Crippen molar-refractivity contribution in [2.45, 2.75) is 52.6 Å². The first kappa shape index (κ1) is 16.5. The SMILES string of the molecule is CNC(c1ccccc1)C(C)(C)CN1CCCC1C(C)C. The first-order valence-corrected chi connectivity index (χ1v) is 8.42. The molecule has 2 heteroatoms. The molecule has 1 aliphatic rings. The Labute approximate surface area is 130 Å². The molecule has 2 rings (SSSR count). The summed E-state index contributed by atoms with van der Waals surface area (Å²) in [6.07, 6.45) is 2.72. The van der Waals surface area contributed by atoms with Gasteiger partial charge in [-0.25, -0.2) is 0 Å². The summed E-state index contributed by atoms with van der Waals surface area (Å²) in [6.45, 7) is 12.0. The summed E-state index contributed by atoms with van der Waals surface area (Å²) in [5.41, 5.74) is 1.61. The topological polar surface area (TPSA) is 15.3 Å². The molecule has 0 bridgehead atoms. The Balaban J connectivity index is 2.12. The zero-order valence-electron chi connectivity index (χ0n) is 14.4. The Morgan fingerprint density at radius 2 is 1.90 bits per heavy atom. The van der Waals surface area contributed by atoms with Crippen molar-refractivity contribution in [2.24, 2.45) is 11.3 Å². The van der Waals surface area contributed by atoms with Gasteiger partial charge in [0.05, 0.1) is 0 Å². The van der Waals surface area contributed by atoms with E-state index in [9.17, 15) is 0 Å². The van der Waals surface area contributed by atoms with Crippen molar-refractivity contribution in [3.63, 3.8) is 0 Å². The highest BCUT2D eigenvalue weighted by atomic mass is 15.2. The van der Waals surface area contributed by atoms with Gasteiger partial charge in [0.25, 0.3) is 0 Å². The lowest BCUT2D eigenvalue weighted by Gasteiger charge is -2.40. The smallest absolute Gasteiger partial charge is 0.0381 e. The molecule has 0 aliphatic carbocycles. The van der Waals surface area contributed by atoms with Gasteiger partial charge in [-0.2, -0.15) is 0 Å². The second-order valence-corrected chi connectivity index (χ2v) is 7.55. The second-order valence-electron chi connectivity index (χ2n) is 7.55. The van der Waals surface area contributed by atoms with E-state index in [1.165, 1.54) is 24.9 Å². The van der Waals surface area contributed by atoms with Crippen LogP contribution >= 0.6 is 0 Å². The number of rotatable bonds is 6. The Hall–Kier alpha value is -0.860. The van der Waals surface area contributed by atoms with Crippen LogP contribution in [0.2, 0.25) is 0 Å². The first-order chi connectivity index (χ1) is 9.95. The summed E-state index contributed by atoms with van der Waals surface area (Å²) in [6, 6.07) is 12.0. The number of nitrogens with zero attached hydrogens (tertiary/aromatic N) is 1. The number of benzene rings is 1. The molecular formula is C19H32N2. The molecule has 1 fully saturated rings. The molecule has 1 N–H and O–H groups in total. The van der Waals surface area contributed by atoms with Crippen LogP contribution < -0.4 is 5.32 Å². The van der Waals surface area contributed by atoms with Crippen LogP contribution in [0.3, 0.4) is 0 Å². The summed E-state index contributed by atoms with van der Waals surface area (Å²) in [5, 5.41) is 3.55. The van der Waals surface area contributed by atoms with E-state index in [2.05, 4.69) is 75.3 Å². The van der Waals surface area contributed by atoms with Crippen LogP contribution in [0.25, 0.3) is 0 Å². The maximum absolute atomic E-state index is 3.55. The molecule has 1 aromatic rings. The Bertz CT molecular complexity index is 424. The molecule has 21 heavy (non-hydrogen) atoms. The normalized spacial score (nSPS) is 21.9. The predicted octanol–water partition coefficient (Wildman–Crippen LogP) is 4.09. The van der Waals surface area contributed by atoms with Crippen LogP contribution in [0.15, 0.2) is 30.3 Å². The lowest BCUT2D eigenvalue weighted by atomic mass is 9.79. The van der Waals surface area contributed by atoms with Gasteiger partial charge in [-0.3, -0.25) is 4.90 Å². The molecule has 118 valence electrons. The van der Waals surface area contributed by atoms with E-state index >= 15 is 0 Å². The van der Waals surface area contributed by atoms with E-state index in [-0.39, 0.29) is 5.41 Å². The van der Waals surface area contributed by atoms with Gasteiger partial charge < -0.3 is 5.32 Å².